The van der Waals surface area contributed by atoms with Crippen molar-refractivity contribution >= 4 is 29.1 Å². The highest BCUT2D eigenvalue weighted by Crippen LogP contribution is 2.19. The second kappa shape index (κ2) is 9.08. The summed E-state index contributed by atoms with van der Waals surface area (Å²) in [6, 6.07) is 14.4. The van der Waals surface area contributed by atoms with Crippen LogP contribution in [0.4, 0.5) is 5.69 Å². The van der Waals surface area contributed by atoms with Crippen molar-refractivity contribution in [2.24, 2.45) is 0 Å². The lowest BCUT2D eigenvalue weighted by Gasteiger charge is -2.23. The van der Waals surface area contributed by atoms with Gasteiger partial charge in [-0.3, -0.25) is 9.59 Å². The van der Waals surface area contributed by atoms with Gasteiger partial charge in [-0.15, -0.1) is 0 Å². The molecule has 132 valence electrons. The smallest absolute Gasteiger partial charge is 0.258 e. The molecule has 0 atom stereocenters. The number of rotatable bonds is 7. The summed E-state index contributed by atoms with van der Waals surface area (Å²) in [5.74, 6) is 0.258. The Balaban J connectivity index is 1.81. The zero-order valence-corrected chi connectivity index (χ0v) is 15.0. The quantitative estimate of drug-likeness (QED) is 0.824. The number of ether oxygens (including phenoxy) is 1. The number of nitrogens with zero attached hydrogens (tertiary/aromatic N) is 1. The molecule has 2 aromatic carbocycles. The van der Waals surface area contributed by atoms with Crippen LogP contribution in [0.3, 0.4) is 0 Å². The predicted octanol–water partition coefficient (Wildman–Crippen LogP) is 3.20. The molecule has 1 N–H and O–H groups in total. The minimum atomic E-state index is -0.247. The molecular formula is C19H21ClN2O3. The Morgan fingerprint density at radius 3 is 2.44 bits per heavy atom. The average molecular weight is 361 g/mol. The van der Waals surface area contributed by atoms with Gasteiger partial charge in [-0.2, -0.15) is 0 Å². The van der Waals surface area contributed by atoms with E-state index in [1.165, 1.54) is 6.92 Å². The Kier molecular flexibility index (Phi) is 6.83. The van der Waals surface area contributed by atoms with Gasteiger partial charge in [0.2, 0.25) is 5.91 Å². The molecule has 0 aliphatic heterocycles. The van der Waals surface area contributed by atoms with Crippen LogP contribution in [0, 0.1) is 6.92 Å². The lowest BCUT2D eigenvalue weighted by molar-refractivity contribution is -0.123. The standard InChI is InChI=1S/C19H21ClN2O3/c1-14-5-3-4-6-18(14)22(15(2)23)12-11-21-19(24)13-25-17-9-7-16(20)8-10-17/h3-10H,11-13H2,1-2H3,(H,21,24). The number of nitrogens with one attached hydrogen (secondary N) is 1. The van der Waals surface area contributed by atoms with Crippen LogP contribution in [-0.2, 0) is 9.59 Å². The van der Waals surface area contributed by atoms with E-state index in [1.807, 2.05) is 31.2 Å². The highest BCUT2D eigenvalue weighted by molar-refractivity contribution is 6.30. The van der Waals surface area contributed by atoms with Crippen molar-refractivity contribution in [2.45, 2.75) is 13.8 Å². The zero-order chi connectivity index (χ0) is 18.2. The molecule has 0 heterocycles. The monoisotopic (exact) mass is 360 g/mol. The molecule has 0 spiro atoms. The molecular weight excluding hydrogens is 340 g/mol. The Morgan fingerprint density at radius 1 is 1.12 bits per heavy atom. The fourth-order valence-electron chi connectivity index (χ4n) is 2.35. The van der Waals surface area contributed by atoms with E-state index in [1.54, 1.807) is 29.2 Å². The Morgan fingerprint density at radius 2 is 1.80 bits per heavy atom. The van der Waals surface area contributed by atoms with Gasteiger partial charge in [0.15, 0.2) is 6.61 Å². The topological polar surface area (TPSA) is 58.6 Å². The molecule has 0 unspecified atom stereocenters. The van der Waals surface area contributed by atoms with E-state index in [0.29, 0.717) is 23.9 Å². The predicted molar refractivity (Wildman–Crippen MR) is 99.2 cm³/mol. The maximum absolute atomic E-state index is 11.9. The first-order valence-corrected chi connectivity index (χ1v) is 8.34. The Hall–Kier alpha value is -2.53. The molecule has 6 heteroatoms. The minimum Gasteiger partial charge on any atom is -0.484 e. The van der Waals surface area contributed by atoms with Gasteiger partial charge >= 0.3 is 0 Å². The van der Waals surface area contributed by atoms with Crippen LogP contribution < -0.4 is 15.0 Å². The summed E-state index contributed by atoms with van der Waals surface area (Å²) in [6.07, 6.45) is 0. The van der Waals surface area contributed by atoms with Crippen LogP contribution in [0.15, 0.2) is 48.5 Å². The number of carbonyl (C=O) groups excluding carboxylic acids is 2. The zero-order valence-electron chi connectivity index (χ0n) is 14.3. The summed E-state index contributed by atoms with van der Waals surface area (Å²) in [5.41, 5.74) is 1.86. The molecule has 0 aromatic heterocycles. The minimum absolute atomic E-state index is 0.0686. The molecule has 0 saturated carbocycles. The summed E-state index contributed by atoms with van der Waals surface area (Å²) in [4.78, 5) is 25.4. The SMILES string of the molecule is CC(=O)N(CCNC(=O)COc1ccc(Cl)cc1)c1ccccc1C. The number of para-hydroxylation sites is 1. The summed E-state index contributed by atoms with van der Waals surface area (Å²) in [7, 11) is 0. The lowest BCUT2D eigenvalue weighted by Crippen LogP contribution is -2.39. The second-order valence-electron chi connectivity index (χ2n) is 5.55. The van der Waals surface area contributed by atoms with Crippen molar-refractivity contribution in [3.63, 3.8) is 0 Å². The van der Waals surface area contributed by atoms with Crippen LogP contribution in [0.2, 0.25) is 5.02 Å². The van der Waals surface area contributed by atoms with Gasteiger partial charge < -0.3 is 15.0 Å². The van der Waals surface area contributed by atoms with E-state index >= 15 is 0 Å². The van der Waals surface area contributed by atoms with Crippen molar-refractivity contribution in [1.29, 1.82) is 0 Å². The number of hydrogen-bond donors (Lipinski definition) is 1. The summed E-state index contributed by atoms with van der Waals surface area (Å²) in [5, 5.41) is 3.36. The van der Waals surface area contributed by atoms with Crippen molar-refractivity contribution < 1.29 is 14.3 Å². The number of hydrogen-bond acceptors (Lipinski definition) is 3. The fraction of sp³-hybridized carbons (Fsp3) is 0.263. The number of amides is 2. The van der Waals surface area contributed by atoms with Gasteiger partial charge in [0.05, 0.1) is 0 Å². The molecule has 0 radical (unpaired) electrons. The number of carbonyl (C=O) groups is 2. The van der Waals surface area contributed by atoms with Gasteiger partial charge in [-0.1, -0.05) is 29.8 Å². The first kappa shape index (κ1) is 18.8. The third kappa shape index (κ3) is 5.80. The third-order valence-corrected chi connectivity index (χ3v) is 3.88. The van der Waals surface area contributed by atoms with Crippen molar-refractivity contribution in [3.8, 4) is 5.75 Å². The summed E-state index contributed by atoms with van der Waals surface area (Å²) >= 11 is 5.79. The van der Waals surface area contributed by atoms with E-state index in [2.05, 4.69) is 5.32 Å². The van der Waals surface area contributed by atoms with E-state index in [-0.39, 0.29) is 18.4 Å². The first-order valence-electron chi connectivity index (χ1n) is 7.96. The van der Waals surface area contributed by atoms with Crippen molar-refractivity contribution in [2.75, 3.05) is 24.6 Å². The van der Waals surface area contributed by atoms with E-state index in [9.17, 15) is 9.59 Å². The van der Waals surface area contributed by atoms with E-state index in [0.717, 1.165) is 11.3 Å². The molecule has 0 fully saturated rings. The molecule has 0 bridgehead atoms. The Bertz CT molecular complexity index is 732. The number of aryl methyl sites for hydroxylation is 1. The number of halogens is 1. The van der Waals surface area contributed by atoms with Crippen LogP contribution >= 0.6 is 11.6 Å². The summed E-state index contributed by atoms with van der Waals surface area (Å²) in [6.45, 7) is 4.11. The summed E-state index contributed by atoms with van der Waals surface area (Å²) < 4.78 is 5.38. The Labute approximate surface area is 152 Å². The molecule has 2 rings (SSSR count). The maximum Gasteiger partial charge on any atom is 0.258 e. The average Bonchev–Trinajstić information content (AvgIpc) is 2.59. The molecule has 0 aliphatic carbocycles. The van der Waals surface area contributed by atoms with Gasteiger partial charge in [-0.05, 0) is 42.8 Å². The largest absolute Gasteiger partial charge is 0.484 e. The second-order valence-corrected chi connectivity index (χ2v) is 5.99. The molecule has 2 aromatic rings. The highest BCUT2D eigenvalue weighted by Gasteiger charge is 2.13. The van der Waals surface area contributed by atoms with Crippen LogP contribution in [0.1, 0.15) is 12.5 Å². The van der Waals surface area contributed by atoms with Crippen LogP contribution in [-0.4, -0.2) is 31.5 Å². The van der Waals surface area contributed by atoms with Crippen molar-refractivity contribution in [3.05, 3.63) is 59.1 Å². The fourth-order valence-corrected chi connectivity index (χ4v) is 2.48. The van der Waals surface area contributed by atoms with E-state index in [4.69, 9.17) is 16.3 Å². The van der Waals surface area contributed by atoms with Gasteiger partial charge in [0.25, 0.3) is 5.91 Å². The molecule has 2 amide bonds. The molecule has 0 aliphatic rings. The van der Waals surface area contributed by atoms with Crippen LogP contribution in [0.5, 0.6) is 5.75 Å². The van der Waals surface area contributed by atoms with Gasteiger partial charge in [0, 0.05) is 30.7 Å². The normalized spacial score (nSPS) is 10.2. The highest BCUT2D eigenvalue weighted by atomic mass is 35.5. The van der Waals surface area contributed by atoms with Gasteiger partial charge in [-0.25, -0.2) is 0 Å². The first-order chi connectivity index (χ1) is 12.0. The third-order valence-electron chi connectivity index (χ3n) is 3.63. The van der Waals surface area contributed by atoms with Crippen molar-refractivity contribution in [1.82, 2.24) is 5.32 Å². The lowest BCUT2D eigenvalue weighted by atomic mass is 10.2. The molecule has 0 saturated heterocycles. The van der Waals surface area contributed by atoms with Crippen LogP contribution in [0.25, 0.3) is 0 Å². The number of benzene rings is 2. The maximum atomic E-state index is 11.9. The molecule has 5 nitrogen and oxygen atoms in total. The van der Waals surface area contributed by atoms with E-state index < -0.39 is 0 Å². The molecule has 25 heavy (non-hydrogen) atoms. The van der Waals surface area contributed by atoms with Gasteiger partial charge in [0.1, 0.15) is 5.75 Å². The number of anilines is 1.